The second kappa shape index (κ2) is 8.65. The molecular formula is C20H24O5. The number of furan rings is 1. The highest BCUT2D eigenvalue weighted by molar-refractivity contribution is 5.88. The lowest BCUT2D eigenvalue weighted by Crippen LogP contribution is -2.30. The summed E-state index contributed by atoms with van der Waals surface area (Å²) in [5.41, 5.74) is 0.469. The standard InChI is InChI=1S/C20H24O5/c1-5-20(6-2,16-11-8-7-9-12-16)25-24-18(15(3)19(21)22-4)17-13-10-14-23-17/h7-14,18H,3,5-6H2,1-2,4H3/t18-/m0/s1. The predicted molar refractivity (Wildman–Crippen MR) is 93.5 cm³/mol. The maximum absolute atomic E-state index is 11.9. The van der Waals surface area contributed by atoms with Gasteiger partial charge in [-0.3, -0.25) is 0 Å². The van der Waals surface area contributed by atoms with Crippen molar-refractivity contribution in [1.82, 2.24) is 0 Å². The molecule has 1 heterocycles. The number of esters is 1. The molecule has 1 aromatic carbocycles. The van der Waals surface area contributed by atoms with E-state index in [0.29, 0.717) is 18.6 Å². The van der Waals surface area contributed by atoms with Crippen LogP contribution >= 0.6 is 0 Å². The first-order valence-electron chi connectivity index (χ1n) is 8.28. The van der Waals surface area contributed by atoms with Gasteiger partial charge in [-0.25, -0.2) is 14.6 Å². The maximum Gasteiger partial charge on any atom is 0.336 e. The Morgan fingerprint density at radius 2 is 1.84 bits per heavy atom. The van der Waals surface area contributed by atoms with Crippen LogP contribution in [0, 0.1) is 0 Å². The second-order valence-corrected chi connectivity index (χ2v) is 5.66. The average Bonchev–Trinajstić information content (AvgIpc) is 3.19. The summed E-state index contributed by atoms with van der Waals surface area (Å²) in [4.78, 5) is 23.4. The van der Waals surface area contributed by atoms with Crippen molar-refractivity contribution in [2.24, 2.45) is 0 Å². The number of ether oxygens (including phenoxy) is 1. The molecule has 0 N–H and O–H groups in total. The Bertz CT molecular complexity index is 671. The van der Waals surface area contributed by atoms with Gasteiger partial charge < -0.3 is 9.15 Å². The topological polar surface area (TPSA) is 57.9 Å². The van der Waals surface area contributed by atoms with Crippen LogP contribution in [0.2, 0.25) is 0 Å². The minimum atomic E-state index is -0.886. The van der Waals surface area contributed by atoms with Gasteiger partial charge in [-0.15, -0.1) is 0 Å². The minimum absolute atomic E-state index is 0.103. The highest BCUT2D eigenvalue weighted by Gasteiger charge is 2.34. The summed E-state index contributed by atoms with van der Waals surface area (Å²) in [6.45, 7) is 7.82. The van der Waals surface area contributed by atoms with E-state index in [1.165, 1.54) is 13.4 Å². The zero-order valence-corrected chi connectivity index (χ0v) is 14.9. The molecule has 0 radical (unpaired) electrons. The fraction of sp³-hybridized carbons (Fsp3) is 0.350. The van der Waals surface area contributed by atoms with Gasteiger partial charge in [-0.1, -0.05) is 50.8 Å². The lowest BCUT2D eigenvalue weighted by atomic mass is 9.89. The average molecular weight is 344 g/mol. The molecule has 0 fully saturated rings. The van der Waals surface area contributed by atoms with Gasteiger partial charge in [0.2, 0.25) is 0 Å². The molecule has 0 aliphatic rings. The molecule has 1 aromatic heterocycles. The SMILES string of the molecule is C=C(C(=O)OC)[C@H](OOC(CC)(CC)c1ccccc1)c1ccco1. The van der Waals surface area contributed by atoms with Gasteiger partial charge in [0.05, 0.1) is 18.9 Å². The molecule has 1 atom stereocenters. The highest BCUT2D eigenvalue weighted by atomic mass is 17.2. The summed E-state index contributed by atoms with van der Waals surface area (Å²) >= 11 is 0. The minimum Gasteiger partial charge on any atom is -0.466 e. The first-order chi connectivity index (χ1) is 12.1. The third kappa shape index (κ3) is 4.18. The summed E-state index contributed by atoms with van der Waals surface area (Å²) < 4.78 is 10.1. The number of carbonyl (C=O) groups is 1. The van der Waals surface area contributed by atoms with Gasteiger partial charge in [0.1, 0.15) is 11.4 Å². The third-order valence-electron chi connectivity index (χ3n) is 4.31. The van der Waals surface area contributed by atoms with Gasteiger partial charge in [0.15, 0.2) is 6.10 Å². The summed E-state index contributed by atoms with van der Waals surface area (Å²) in [5.74, 6) is -0.159. The monoisotopic (exact) mass is 344 g/mol. The van der Waals surface area contributed by atoms with E-state index in [0.717, 1.165) is 5.56 Å². The molecule has 2 rings (SSSR count). The Hall–Kier alpha value is -2.37. The molecule has 5 heteroatoms. The Morgan fingerprint density at radius 3 is 2.36 bits per heavy atom. The van der Waals surface area contributed by atoms with Crippen LogP contribution in [0.5, 0.6) is 0 Å². The molecule has 0 aliphatic carbocycles. The fourth-order valence-electron chi connectivity index (χ4n) is 2.66. The quantitative estimate of drug-likeness (QED) is 0.285. The Kier molecular flexibility index (Phi) is 6.56. The van der Waals surface area contributed by atoms with Gasteiger partial charge >= 0.3 is 5.97 Å². The van der Waals surface area contributed by atoms with Crippen LogP contribution in [0.4, 0.5) is 0 Å². The van der Waals surface area contributed by atoms with Crippen LogP contribution in [0.1, 0.15) is 44.1 Å². The number of carbonyl (C=O) groups excluding carboxylic acids is 1. The molecule has 0 saturated heterocycles. The van der Waals surface area contributed by atoms with Crippen molar-refractivity contribution in [3.63, 3.8) is 0 Å². The molecule has 0 bridgehead atoms. The van der Waals surface area contributed by atoms with Crippen molar-refractivity contribution in [2.75, 3.05) is 7.11 Å². The zero-order chi connectivity index (χ0) is 18.3. The van der Waals surface area contributed by atoms with Crippen LogP contribution in [-0.2, 0) is 24.9 Å². The van der Waals surface area contributed by atoms with Gasteiger partial charge in [0, 0.05) is 0 Å². The zero-order valence-electron chi connectivity index (χ0n) is 14.9. The molecule has 0 spiro atoms. The molecule has 5 nitrogen and oxygen atoms in total. The lowest BCUT2D eigenvalue weighted by molar-refractivity contribution is -0.390. The second-order valence-electron chi connectivity index (χ2n) is 5.66. The number of hydrogen-bond acceptors (Lipinski definition) is 5. The number of rotatable bonds is 9. The van der Waals surface area contributed by atoms with E-state index in [-0.39, 0.29) is 5.57 Å². The van der Waals surface area contributed by atoms with Crippen molar-refractivity contribution in [2.45, 2.75) is 38.4 Å². The van der Waals surface area contributed by atoms with Crippen LogP contribution < -0.4 is 0 Å². The van der Waals surface area contributed by atoms with Gasteiger partial charge in [-0.05, 0) is 30.5 Å². The van der Waals surface area contributed by atoms with E-state index in [9.17, 15) is 4.79 Å². The van der Waals surface area contributed by atoms with Crippen molar-refractivity contribution in [1.29, 1.82) is 0 Å². The van der Waals surface area contributed by atoms with E-state index in [1.807, 2.05) is 44.2 Å². The van der Waals surface area contributed by atoms with E-state index < -0.39 is 17.7 Å². The van der Waals surface area contributed by atoms with Crippen LogP contribution in [0.25, 0.3) is 0 Å². The van der Waals surface area contributed by atoms with E-state index in [1.54, 1.807) is 12.1 Å². The summed E-state index contributed by atoms with van der Waals surface area (Å²) in [7, 11) is 1.29. The molecule has 0 unspecified atom stereocenters. The molecular weight excluding hydrogens is 320 g/mol. The summed E-state index contributed by atoms with van der Waals surface area (Å²) in [5, 5.41) is 0. The van der Waals surface area contributed by atoms with Crippen LogP contribution in [-0.4, -0.2) is 13.1 Å². The van der Waals surface area contributed by atoms with Crippen LogP contribution in [0.15, 0.2) is 65.3 Å². The van der Waals surface area contributed by atoms with Crippen molar-refractivity contribution >= 4 is 5.97 Å². The fourth-order valence-corrected chi connectivity index (χ4v) is 2.66. The molecule has 0 saturated carbocycles. The number of hydrogen-bond donors (Lipinski definition) is 0. The number of methoxy groups -OCH3 is 1. The smallest absolute Gasteiger partial charge is 0.336 e. The first-order valence-corrected chi connectivity index (χ1v) is 8.28. The van der Waals surface area contributed by atoms with E-state index in [2.05, 4.69) is 6.58 Å². The predicted octanol–water partition coefficient (Wildman–Crippen LogP) is 4.71. The highest BCUT2D eigenvalue weighted by Crippen LogP contribution is 2.36. The molecule has 0 aliphatic heterocycles. The third-order valence-corrected chi connectivity index (χ3v) is 4.31. The Labute approximate surface area is 148 Å². The molecule has 134 valence electrons. The van der Waals surface area contributed by atoms with Crippen molar-refractivity contribution < 1.29 is 23.7 Å². The van der Waals surface area contributed by atoms with Gasteiger partial charge in [0.25, 0.3) is 0 Å². The normalized spacial score (nSPS) is 12.6. The van der Waals surface area contributed by atoms with E-state index in [4.69, 9.17) is 18.9 Å². The largest absolute Gasteiger partial charge is 0.466 e. The first kappa shape index (κ1) is 19.0. The van der Waals surface area contributed by atoms with Crippen LogP contribution in [0.3, 0.4) is 0 Å². The van der Waals surface area contributed by atoms with Crippen molar-refractivity contribution in [3.8, 4) is 0 Å². The lowest BCUT2D eigenvalue weighted by Gasteiger charge is -2.32. The Morgan fingerprint density at radius 1 is 1.16 bits per heavy atom. The summed E-state index contributed by atoms with van der Waals surface area (Å²) in [6, 6.07) is 13.3. The van der Waals surface area contributed by atoms with Gasteiger partial charge in [-0.2, -0.15) is 0 Å². The maximum atomic E-state index is 11.9. The Balaban J connectivity index is 2.26. The summed E-state index contributed by atoms with van der Waals surface area (Å²) in [6.07, 6.45) is 2.01. The molecule has 2 aromatic rings. The molecule has 25 heavy (non-hydrogen) atoms. The number of benzene rings is 1. The van der Waals surface area contributed by atoms with Crippen molar-refractivity contribution in [3.05, 3.63) is 72.2 Å². The van der Waals surface area contributed by atoms with E-state index >= 15 is 0 Å². The molecule has 0 amide bonds.